The quantitative estimate of drug-likeness (QED) is 0.827. The Labute approximate surface area is 116 Å². The van der Waals surface area contributed by atoms with Crippen molar-refractivity contribution in [2.75, 3.05) is 31.7 Å². The molecule has 1 heterocycles. The molecule has 4 heteroatoms. The van der Waals surface area contributed by atoms with Crippen LogP contribution in [0.25, 0.3) is 0 Å². The Morgan fingerprint density at radius 3 is 3.12 bits per heavy atom. The molecule has 0 aromatic heterocycles. The van der Waals surface area contributed by atoms with Crippen molar-refractivity contribution in [3.05, 3.63) is 28.7 Å². The Bertz CT molecular complexity index is 355. The van der Waals surface area contributed by atoms with Crippen LogP contribution < -0.4 is 4.74 Å². The summed E-state index contributed by atoms with van der Waals surface area (Å²) in [7, 11) is 2.20. The smallest absolute Gasteiger partial charge is 0.120 e. The number of ether oxygens (including phenoxy) is 1. The number of likely N-dealkylation sites (N-methyl/N-ethyl adjacent to an activating group) is 1. The molecule has 0 N–H and O–H groups in total. The van der Waals surface area contributed by atoms with Crippen LogP contribution in [0, 0.1) is 0 Å². The molecule has 1 aliphatic heterocycles. The number of nitrogens with zero attached hydrogens (tertiary/aromatic N) is 1. The molecular weight excluding hydrogens is 298 g/mol. The first-order valence-corrected chi connectivity index (χ1v) is 7.87. The lowest BCUT2D eigenvalue weighted by Crippen LogP contribution is -2.34. The molecule has 94 valence electrons. The predicted molar refractivity (Wildman–Crippen MR) is 78.0 cm³/mol. The van der Waals surface area contributed by atoms with Gasteiger partial charge in [0.1, 0.15) is 12.4 Å². The van der Waals surface area contributed by atoms with Gasteiger partial charge in [-0.2, -0.15) is 11.8 Å². The van der Waals surface area contributed by atoms with E-state index in [4.69, 9.17) is 4.74 Å². The molecule has 1 aromatic carbocycles. The summed E-state index contributed by atoms with van der Waals surface area (Å²) >= 11 is 5.50. The monoisotopic (exact) mass is 315 g/mol. The average molecular weight is 316 g/mol. The zero-order valence-electron chi connectivity index (χ0n) is 10.1. The zero-order valence-corrected chi connectivity index (χ0v) is 12.5. The zero-order chi connectivity index (χ0) is 12.1. The first-order valence-electron chi connectivity index (χ1n) is 5.92. The average Bonchev–Trinajstić information content (AvgIpc) is 2.82. The fraction of sp³-hybridized carbons (Fsp3) is 0.538. The van der Waals surface area contributed by atoms with Crippen molar-refractivity contribution in [2.24, 2.45) is 0 Å². The summed E-state index contributed by atoms with van der Waals surface area (Å²) in [6, 6.07) is 8.75. The van der Waals surface area contributed by atoms with Crippen molar-refractivity contribution in [2.45, 2.75) is 12.5 Å². The third-order valence-corrected chi connectivity index (χ3v) is 4.68. The van der Waals surface area contributed by atoms with Crippen LogP contribution in [0.5, 0.6) is 5.75 Å². The van der Waals surface area contributed by atoms with Crippen LogP contribution in [0.2, 0.25) is 0 Å². The lowest BCUT2D eigenvalue weighted by Gasteiger charge is -2.23. The van der Waals surface area contributed by atoms with Crippen LogP contribution >= 0.6 is 27.7 Å². The standard InChI is InChI=1S/C13H18BrNOS/c1-15(12-5-8-17-10-12)6-7-16-13-4-2-3-11(14)9-13/h2-4,9,12H,5-8,10H2,1H3. The van der Waals surface area contributed by atoms with Gasteiger partial charge in [-0.1, -0.05) is 22.0 Å². The molecule has 1 saturated heterocycles. The second-order valence-corrected chi connectivity index (χ2v) is 6.37. The van der Waals surface area contributed by atoms with Gasteiger partial charge in [0, 0.05) is 22.8 Å². The molecule has 0 radical (unpaired) electrons. The van der Waals surface area contributed by atoms with E-state index >= 15 is 0 Å². The van der Waals surface area contributed by atoms with Gasteiger partial charge in [0.25, 0.3) is 0 Å². The highest BCUT2D eigenvalue weighted by Gasteiger charge is 2.19. The van der Waals surface area contributed by atoms with Crippen LogP contribution in [-0.2, 0) is 0 Å². The van der Waals surface area contributed by atoms with Gasteiger partial charge in [-0.05, 0) is 37.4 Å². The number of benzene rings is 1. The van der Waals surface area contributed by atoms with E-state index in [1.807, 2.05) is 24.3 Å². The minimum absolute atomic E-state index is 0.742. The van der Waals surface area contributed by atoms with Crippen molar-refractivity contribution in [1.82, 2.24) is 4.90 Å². The molecule has 1 aromatic rings. The van der Waals surface area contributed by atoms with Crippen molar-refractivity contribution in [3.63, 3.8) is 0 Å². The summed E-state index contributed by atoms with van der Waals surface area (Å²) in [4.78, 5) is 2.41. The summed E-state index contributed by atoms with van der Waals surface area (Å²) in [6.07, 6.45) is 1.32. The maximum Gasteiger partial charge on any atom is 0.120 e. The number of hydrogen-bond acceptors (Lipinski definition) is 3. The Balaban J connectivity index is 1.71. The highest BCUT2D eigenvalue weighted by atomic mass is 79.9. The Morgan fingerprint density at radius 2 is 2.41 bits per heavy atom. The van der Waals surface area contributed by atoms with E-state index in [0.29, 0.717) is 0 Å². The molecule has 1 atom stereocenters. The molecule has 1 aliphatic rings. The highest BCUT2D eigenvalue weighted by Crippen LogP contribution is 2.21. The van der Waals surface area contributed by atoms with Gasteiger partial charge in [-0.25, -0.2) is 0 Å². The second kappa shape index (κ2) is 6.66. The van der Waals surface area contributed by atoms with E-state index in [2.05, 4.69) is 39.6 Å². The maximum atomic E-state index is 5.74. The van der Waals surface area contributed by atoms with E-state index in [9.17, 15) is 0 Å². The van der Waals surface area contributed by atoms with Gasteiger partial charge >= 0.3 is 0 Å². The Morgan fingerprint density at radius 1 is 1.53 bits per heavy atom. The molecule has 2 rings (SSSR count). The molecule has 0 spiro atoms. The number of hydrogen-bond donors (Lipinski definition) is 0. The maximum absolute atomic E-state index is 5.74. The largest absolute Gasteiger partial charge is 0.492 e. The molecule has 17 heavy (non-hydrogen) atoms. The fourth-order valence-corrected chi connectivity index (χ4v) is 3.59. The molecule has 2 nitrogen and oxygen atoms in total. The van der Waals surface area contributed by atoms with E-state index in [0.717, 1.165) is 29.4 Å². The summed E-state index contributed by atoms with van der Waals surface area (Å²) in [5.41, 5.74) is 0. The normalized spacial score (nSPS) is 19.8. The number of halogens is 1. The third kappa shape index (κ3) is 4.19. The van der Waals surface area contributed by atoms with Gasteiger partial charge in [0.15, 0.2) is 0 Å². The van der Waals surface area contributed by atoms with Crippen molar-refractivity contribution < 1.29 is 4.74 Å². The van der Waals surface area contributed by atoms with Crippen LogP contribution in [0.4, 0.5) is 0 Å². The van der Waals surface area contributed by atoms with Gasteiger partial charge in [0.05, 0.1) is 0 Å². The molecule has 1 fully saturated rings. The first kappa shape index (κ1) is 13.2. The molecule has 0 amide bonds. The Kier molecular flexibility index (Phi) is 5.19. The number of rotatable bonds is 5. The lowest BCUT2D eigenvalue weighted by molar-refractivity contribution is 0.202. The molecule has 0 saturated carbocycles. The Hall–Kier alpha value is -0.190. The molecule has 0 bridgehead atoms. The van der Waals surface area contributed by atoms with Gasteiger partial charge in [0.2, 0.25) is 0 Å². The first-order chi connectivity index (χ1) is 8.25. The van der Waals surface area contributed by atoms with Gasteiger partial charge in [-0.3, -0.25) is 4.90 Å². The second-order valence-electron chi connectivity index (χ2n) is 4.30. The molecule has 1 unspecified atom stereocenters. The predicted octanol–water partition coefficient (Wildman–Crippen LogP) is 3.27. The van der Waals surface area contributed by atoms with E-state index in [1.165, 1.54) is 17.9 Å². The summed E-state index contributed by atoms with van der Waals surface area (Å²) < 4.78 is 6.80. The summed E-state index contributed by atoms with van der Waals surface area (Å²) in [5, 5.41) is 0. The van der Waals surface area contributed by atoms with Crippen molar-refractivity contribution in [1.29, 1.82) is 0 Å². The van der Waals surface area contributed by atoms with E-state index in [1.54, 1.807) is 0 Å². The van der Waals surface area contributed by atoms with Crippen LogP contribution in [-0.4, -0.2) is 42.6 Å². The number of thioether (sulfide) groups is 1. The van der Waals surface area contributed by atoms with E-state index < -0.39 is 0 Å². The van der Waals surface area contributed by atoms with Crippen LogP contribution in [0.15, 0.2) is 28.7 Å². The lowest BCUT2D eigenvalue weighted by atomic mass is 10.2. The van der Waals surface area contributed by atoms with Crippen LogP contribution in [0.1, 0.15) is 6.42 Å². The van der Waals surface area contributed by atoms with Crippen molar-refractivity contribution >= 4 is 27.7 Å². The molecular formula is C13H18BrNOS. The van der Waals surface area contributed by atoms with Crippen LogP contribution in [0.3, 0.4) is 0 Å². The summed E-state index contributed by atoms with van der Waals surface area (Å²) in [6.45, 7) is 1.76. The molecule has 0 aliphatic carbocycles. The highest BCUT2D eigenvalue weighted by molar-refractivity contribution is 9.10. The van der Waals surface area contributed by atoms with Gasteiger partial charge in [-0.15, -0.1) is 0 Å². The fourth-order valence-electron chi connectivity index (χ4n) is 1.92. The van der Waals surface area contributed by atoms with Gasteiger partial charge < -0.3 is 4.74 Å². The SMILES string of the molecule is CN(CCOc1cccc(Br)c1)C1CCSC1. The minimum atomic E-state index is 0.742. The minimum Gasteiger partial charge on any atom is -0.492 e. The topological polar surface area (TPSA) is 12.5 Å². The summed E-state index contributed by atoms with van der Waals surface area (Å²) in [5.74, 6) is 3.52. The van der Waals surface area contributed by atoms with E-state index in [-0.39, 0.29) is 0 Å². The van der Waals surface area contributed by atoms with Crippen molar-refractivity contribution in [3.8, 4) is 5.75 Å². The third-order valence-electron chi connectivity index (χ3n) is 3.04.